The first-order chi connectivity index (χ1) is 8.51. The summed E-state index contributed by atoms with van der Waals surface area (Å²) in [6.07, 6.45) is 0. The Morgan fingerprint density at radius 1 is 1.56 bits per heavy atom. The molecule has 100 valence electrons. The molecular weight excluding hydrogens is 254 g/mol. The Labute approximate surface area is 110 Å². The topological polar surface area (TPSA) is 71.5 Å². The molecule has 0 spiro atoms. The lowest BCUT2D eigenvalue weighted by Gasteiger charge is -2.13. The second kappa shape index (κ2) is 7.07. The molecule has 1 heterocycles. The zero-order valence-electron chi connectivity index (χ0n) is 10.7. The minimum absolute atomic E-state index is 0.143. The monoisotopic (exact) mass is 271 g/mol. The number of amides is 1. The Morgan fingerprint density at radius 2 is 2.28 bits per heavy atom. The number of aromatic nitrogens is 1. The highest BCUT2D eigenvalue weighted by atomic mass is 32.1. The number of hydrogen-bond acceptors (Lipinski definition) is 6. The van der Waals surface area contributed by atoms with Crippen molar-refractivity contribution in [2.24, 2.45) is 0 Å². The molecule has 0 saturated heterocycles. The fraction of sp³-hybridized carbons (Fsp3) is 0.545. The average Bonchev–Trinajstić information content (AvgIpc) is 2.64. The summed E-state index contributed by atoms with van der Waals surface area (Å²) in [7, 11) is 1.81. The van der Waals surface area contributed by atoms with Gasteiger partial charge in [-0.2, -0.15) is 0 Å². The molecule has 1 rings (SSSR count). The van der Waals surface area contributed by atoms with Crippen molar-refractivity contribution >= 4 is 28.3 Å². The molecule has 1 aromatic rings. The number of thiazole rings is 1. The largest absolute Gasteiger partial charge is 0.465 e. The van der Waals surface area contributed by atoms with Crippen LogP contribution in [-0.2, 0) is 20.9 Å². The van der Waals surface area contributed by atoms with Gasteiger partial charge in [-0.1, -0.05) is 0 Å². The van der Waals surface area contributed by atoms with Crippen molar-refractivity contribution in [1.29, 1.82) is 0 Å². The number of esters is 1. The van der Waals surface area contributed by atoms with Crippen LogP contribution in [0.1, 0.15) is 19.5 Å². The standard InChI is InChI=1S/C11H17N3O3S/c1-4-17-10(16)6-14(3)5-9-7-18-11(13-9)12-8(2)15/h7H,4-6H2,1-3H3,(H,12,13,15). The molecular formula is C11H17N3O3S. The maximum absolute atomic E-state index is 11.3. The molecule has 1 N–H and O–H groups in total. The van der Waals surface area contributed by atoms with Crippen molar-refractivity contribution in [2.45, 2.75) is 20.4 Å². The van der Waals surface area contributed by atoms with Crippen molar-refractivity contribution in [3.05, 3.63) is 11.1 Å². The maximum Gasteiger partial charge on any atom is 0.320 e. The van der Waals surface area contributed by atoms with E-state index in [9.17, 15) is 9.59 Å². The Balaban J connectivity index is 2.44. The molecule has 0 aromatic carbocycles. The van der Waals surface area contributed by atoms with E-state index in [0.29, 0.717) is 18.3 Å². The lowest BCUT2D eigenvalue weighted by molar-refractivity contribution is -0.144. The molecule has 0 unspecified atom stereocenters. The zero-order chi connectivity index (χ0) is 13.5. The quantitative estimate of drug-likeness (QED) is 0.784. The molecule has 0 radical (unpaired) electrons. The van der Waals surface area contributed by atoms with Crippen molar-refractivity contribution in [3.8, 4) is 0 Å². The zero-order valence-corrected chi connectivity index (χ0v) is 11.5. The summed E-state index contributed by atoms with van der Waals surface area (Å²) in [4.78, 5) is 28.1. The van der Waals surface area contributed by atoms with Crippen molar-refractivity contribution < 1.29 is 14.3 Å². The molecule has 0 aliphatic carbocycles. The van der Waals surface area contributed by atoms with Crippen LogP contribution < -0.4 is 5.32 Å². The number of hydrogen-bond donors (Lipinski definition) is 1. The number of nitrogens with one attached hydrogen (secondary N) is 1. The van der Waals surface area contributed by atoms with Gasteiger partial charge in [-0.15, -0.1) is 11.3 Å². The van der Waals surface area contributed by atoms with Crippen molar-refractivity contribution in [1.82, 2.24) is 9.88 Å². The van der Waals surface area contributed by atoms with E-state index < -0.39 is 0 Å². The van der Waals surface area contributed by atoms with Crippen molar-refractivity contribution in [2.75, 3.05) is 25.5 Å². The third kappa shape index (κ3) is 5.24. The fourth-order valence-corrected chi connectivity index (χ4v) is 2.09. The molecule has 0 saturated carbocycles. The summed E-state index contributed by atoms with van der Waals surface area (Å²) in [5, 5.41) is 5.04. The molecule has 0 aliphatic rings. The van der Waals surface area contributed by atoms with Crippen LogP contribution in [0.25, 0.3) is 0 Å². The van der Waals surface area contributed by atoms with Crippen LogP contribution in [0.4, 0.5) is 5.13 Å². The van der Waals surface area contributed by atoms with Gasteiger partial charge in [-0.25, -0.2) is 4.98 Å². The van der Waals surface area contributed by atoms with E-state index in [-0.39, 0.29) is 18.4 Å². The minimum atomic E-state index is -0.252. The highest BCUT2D eigenvalue weighted by molar-refractivity contribution is 7.13. The minimum Gasteiger partial charge on any atom is -0.465 e. The van der Waals surface area contributed by atoms with E-state index >= 15 is 0 Å². The van der Waals surface area contributed by atoms with Gasteiger partial charge >= 0.3 is 5.97 Å². The highest BCUT2D eigenvalue weighted by Gasteiger charge is 2.10. The Bertz CT molecular complexity index is 419. The predicted molar refractivity (Wildman–Crippen MR) is 69.4 cm³/mol. The molecule has 0 aliphatic heterocycles. The molecule has 18 heavy (non-hydrogen) atoms. The van der Waals surface area contributed by atoms with Gasteiger partial charge in [-0.05, 0) is 14.0 Å². The number of ether oxygens (including phenoxy) is 1. The van der Waals surface area contributed by atoms with Gasteiger partial charge in [0.15, 0.2) is 5.13 Å². The molecule has 7 heteroatoms. The number of carbonyl (C=O) groups excluding carboxylic acids is 2. The van der Waals surface area contributed by atoms with Gasteiger partial charge in [-0.3, -0.25) is 14.5 Å². The molecule has 1 aromatic heterocycles. The van der Waals surface area contributed by atoms with E-state index in [0.717, 1.165) is 5.69 Å². The van der Waals surface area contributed by atoms with Crippen LogP contribution in [0.15, 0.2) is 5.38 Å². The van der Waals surface area contributed by atoms with Crippen LogP contribution in [0, 0.1) is 0 Å². The number of rotatable bonds is 6. The predicted octanol–water partition coefficient (Wildman–Crippen LogP) is 1.10. The molecule has 0 atom stereocenters. The van der Waals surface area contributed by atoms with Crippen LogP contribution in [0.5, 0.6) is 0 Å². The first-order valence-corrected chi connectivity index (χ1v) is 6.45. The second-order valence-corrected chi connectivity index (χ2v) is 4.66. The lowest BCUT2D eigenvalue weighted by atomic mass is 10.4. The van der Waals surface area contributed by atoms with E-state index in [1.165, 1.54) is 18.3 Å². The van der Waals surface area contributed by atoms with Gasteiger partial charge in [0, 0.05) is 18.8 Å². The number of likely N-dealkylation sites (N-methyl/N-ethyl adjacent to an activating group) is 1. The highest BCUT2D eigenvalue weighted by Crippen LogP contribution is 2.16. The fourth-order valence-electron chi connectivity index (χ4n) is 1.35. The summed E-state index contributed by atoms with van der Waals surface area (Å²) >= 11 is 1.36. The molecule has 1 amide bonds. The van der Waals surface area contributed by atoms with Gasteiger partial charge < -0.3 is 10.1 Å². The molecule has 0 fully saturated rings. The summed E-state index contributed by atoms with van der Waals surface area (Å²) in [5.41, 5.74) is 0.815. The Kier molecular flexibility index (Phi) is 5.73. The van der Waals surface area contributed by atoms with E-state index in [4.69, 9.17) is 4.74 Å². The van der Waals surface area contributed by atoms with Crippen LogP contribution >= 0.6 is 11.3 Å². The first kappa shape index (κ1) is 14.6. The summed E-state index contributed by atoms with van der Waals surface area (Å²) in [6, 6.07) is 0. The first-order valence-electron chi connectivity index (χ1n) is 5.57. The Morgan fingerprint density at radius 3 is 2.89 bits per heavy atom. The molecule has 0 bridgehead atoms. The van der Waals surface area contributed by atoms with Crippen LogP contribution in [-0.4, -0.2) is 42.0 Å². The van der Waals surface area contributed by atoms with Gasteiger partial charge in [0.25, 0.3) is 0 Å². The molecule has 6 nitrogen and oxygen atoms in total. The van der Waals surface area contributed by atoms with Crippen LogP contribution in [0.3, 0.4) is 0 Å². The number of carbonyl (C=O) groups is 2. The third-order valence-corrected chi connectivity index (χ3v) is 2.78. The van der Waals surface area contributed by atoms with E-state index in [2.05, 4.69) is 10.3 Å². The van der Waals surface area contributed by atoms with Gasteiger partial charge in [0.05, 0.1) is 18.8 Å². The number of nitrogens with zero attached hydrogens (tertiary/aromatic N) is 2. The van der Waals surface area contributed by atoms with E-state index in [1.54, 1.807) is 6.92 Å². The summed E-state index contributed by atoms with van der Waals surface area (Å²) in [6.45, 7) is 4.36. The normalized spacial score (nSPS) is 10.4. The third-order valence-electron chi connectivity index (χ3n) is 1.97. The van der Waals surface area contributed by atoms with Crippen LogP contribution in [0.2, 0.25) is 0 Å². The summed E-state index contributed by atoms with van der Waals surface area (Å²) in [5.74, 6) is -0.395. The SMILES string of the molecule is CCOC(=O)CN(C)Cc1csc(NC(C)=O)n1. The lowest BCUT2D eigenvalue weighted by Crippen LogP contribution is -2.27. The second-order valence-electron chi connectivity index (χ2n) is 3.80. The van der Waals surface area contributed by atoms with Crippen molar-refractivity contribution in [3.63, 3.8) is 0 Å². The van der Waals surface area contributed by atoms with Gasteiger partial charge in [0.1, 0.15) is 0 Å². The maximum atomic E-state index is 11.3. The summed E-state index contributed by atoms with van der Waals surface area (Å²) < 4.78 is 4.85. The number of anilines is 1. The Hall–Kier alpha value is -1.47. The smallest absolute Gasteiger partial charge is 0.320 e. The average molecular weight is 271 g/mol. The van der Waals surface area contributed by atoms with E-state index in [1.807, 2.05) is 17.3 Å². The van der Waals surface area contributed by atoms with Gasteiger partial charge in [0.2, 0.25) is 5.91 Å².